The molecule has 2 rings (SSSR count). The molecule has 1 aromatic rings. The molecule has 0 saturated carbocycles. The summed E-state index contributed by atoms with van der Waals surface area (Å²) in [5, 5.41) is 13.1. The van der Waals surface area contributed by atoms with Crippen LogP contribution in [0.5, 0.6) is 0 Å². The molecule has 1 aliphatic rings. The van der Waals surface area contributed by atoms with Gasteiger partial charge in [-0.2, -0.15) is 0 Å². The lowest BCUT2D eigenvalue weighted by Crippen LogP contribution is -2.30. The molecule has 1 unspecified atom stereocenters. The van der Waals surface area contributed by atoms with E-state index < -0.39 is 5.97 Å². The second kappa shape index (κ2) is 4.72. The molecule has 82 valence electrons. The van der Waals surface area contributed by atoms with E-state index in [-0.39, 0.29) is 0 Å². The van der Waals surface area contributed by atoms with Gasteiger partial charge >= 0.3 is 5.97 Å². The second-order valence-corrected chi connectivity index (χ2v) is 4.96. The Labute approximate surface area is 92.3 Å². The molecule has 0 amide bonds. The average molecular weight is 226 g/mol. The lowest BCUT2D eigenvalue weighted by atomic mass is 9.97. The molecule has 0 bridgehead atoms. The Morgan fingerprint density at radius 3 is 3.20 bits per heavy atom. The quantitative estimate of drug-likeness (QED) is 0.817. The van der Waals surface area contributed by atoms with E-state index in [9.17, 15) is 4.79 Å². The predicted octanol–water partition coefficient (Wildman–Crippen LogP) is 1.38. The van der Waals surface area contributed by atoms with E-state index in [4.69, 9.17) is 5.11 Å². The average Bonchev–Trinajstić information content (AvgIpc) is 2.68. The maximum Gasteiger partial charge on any atom is 0.347 e. The van der Waals surface area contributed by atoms with Crippen molar-refractivity contribution in [3.63, 3.8) is 0 Å². The summed E-state index contributed by atoms with van der Waals surface area (Å²) in [4.78, 5) is 15.1. The Bertz CT molecular complexity index is 345. The summed E-state index contributed by atoms with van der Waals surface area (Å²) in [5.74, 6) is -0.257. The minimum atomic E-state index is -0.875. The van der Waals surface area contributed by atoms with Gasteiger partial charge in [-0.3, -0.25) is 0 Å². The van der Waals surface area contributed by atoms with E-state index in [0.29, 0.717) is 10.8 Å². The summed E-state index contributed by atoms with van der Waals surface area (Å²) in [7, 11) is 0. The van der Waals surface area contributed by atoms with Gasteiger partial charge in [-0.15, -0.1) is 11.3 Å². The van der Waals surface area contributed by atoms with Gasteiger partial charge in [0.15, 0.2) is 0 Å². The van der Waals surface area contributed by atoms with Gasteiger partial charge in [-0.1, -0.05) is 0 Å². The van der Waals surface area contributed by atoms with Crippen molar-refractivity contribution in [2.45, 2.75) is 19.3 Å². The lowest BCUT2D eigenvalue weighted by molar-refractivity contribution is 0.0702. The van der Waals surface area contributed by atoms with Crippen molar-refractivity contribution in [1.29, 1.82) is 0 Å². The van der Waals surface area contributed by atoms with Crippen LogP contribution in [-0.4, -0.2) is 29.1 Å². The topological polar surface area (TPSA) is 62.2 Å². The number of aromatic nitrogens is 1. The van der Waals surface area contributed by atoms with Crippen LogP contribution in [0.25, 0.3) is 0 Å². The zero-order chi connectivity index (χ0) is 10.7. The molecule has 5 heteroatoms. The van der Waals surface area contributed by atoms with Gasteiger partial charge in [0.25, 0.3) is 0 Å². The SMILES string of the molecule is O=C(O)c1cnc(CC2CCCNC2)s1. The molecular formula is C10H14N2O2S. The highest BCUT2D eigenvalue weighted by molar-refractivity contribution is 7.13. The van der Waals surface area contributed by atoms with Crippen LogP contribution in [0.2, 0.25) is 0 Å². The molecule has 1 fully saturated rings. The molecule has 0 spiro atoms. The standard InChI is InChI=1S/C10H14N2O2S/c13-10(14)8-6-12-9(15-8)4-7-2-1-3-11-5-7/h6-7,11H,1-5H2,(H,13,14). The van der Waals surface area contributed by atoms with E-state index in [1.54, 1.807) is 0 Å². The van der Waals surface area contributed by atoms with E-state index in [1.165, 1.54) is 30.4 Å². The summed E-state index contributed by atoms with van der Waals surface area (Å²) < 4.78 is 0. The first-order valence-corrected chi connectivity index (χ1v) is 5.96. The van der Waals surface area contributed by atoms with Crippen LogP contribution in [0.3, 0.4) is 0 Å². The fraction of sp³-hybridized carbons (Fsp3) is 0.600. The molecule has 0 radical (unpaired) electrons. The molecule has 2 heterocycles. The third kappa shape index (κ3) is 2.76. The summed E-state index contributed by atoms with van der Waals surface area (Å²) in [6.45, 7) is 2.14. The highest BCUT2D eigenvalue weighted by Gasteiger charge is 2.16. The number of carboxylic acids is 1. The Kier molecular flexibility index (Phi) is 3.33. The smallest absolute Gasteiger partial charge is 0.347 e. The summed E-state index contributed by atoms with van der Waals surface area (Å²) in [5.41, 5.74) is 0. The van der Waals surface area contributed by atoms with Crippen molar-refractivity contribution in [3.8, 4) is 0 Å². The number of carbonyl (C=O) groups is 1. The lowest BCUT2D eigenvalue weighted by Gasteiger charge is -2.21. The van der Waals surface area contributed by atoms with Gasteiger partial charge < -0.3 is 10.4 Å². The normalized spacial score (nSPS) is 21.5. The fourth-order valence-corrected chi connectivity index (χ4v) is 2.72. The van der Waals surface area contributed by atoms with Gasteiger partial charge in [-0.05, 0) is 31.8 Å². The Hall–Kier alpha value is -0.940. The van der Waals surface area contributed by atoms with Crippen LogP contribution >= 0.6 is 11.3 Å². The Morgan fingerprint density at radius 2 is 2.60 bits per heavy atom. The van der Waals surface area contributed by atoms with Crippen LogP contribution in [0.4, 0.5) is 0 Å². The Morgan fingerprint density at radius 1 is 1.73 bits per heavy atom. The highest BCUT2D eigenvalue weighted by Crippen LogP contribution is 2.20. The van der Waals surface area contributed by atoms with Crippen molar-refractivity contribution in [1.82, 2.24) is 10.3 Å². The van der Waals surface area contributed by atoms with E-state index in [0.717, 1.165) is 24.5 Å². The van der Waals surface area contributed by atoms with Gasteiger partial charge in [0.2, 0.25) is 0 Å². The molecule has 15 heavy (non-hydrogen) atoms. The molecular weight excluding hydrogens is 212 g/mol. The highest BCUT2D eigenvalue weighted by atomic mass is 32.1. The predicted molar refractivity (Wildman–Crippen MR) is 58.4 cm³/mol. The van der Waals surface area contributed by atoms with Crippen molar-refractivity contribution in [2.24, 2.45) is 5.92 Å². The molecule has 1 saturated heterocycles. The number of rotatable bonds is 3. The maximum absolute atomic E-state index is 10.7. The van der Waals surface area contributed by atoms with Crippen molar-refractivity contribution in [3.05, 3.63) is 16.1 Å². The van der Waals surface area contributed by atoms with Gasteiger partial charge in [0.05, 0.1) is 11.2 Å². The van der Waals surface area contributed by atoms with Crippen LogP contribution in [0, 0.1) is 5.92 Å². The van der Waals surface area contributed by atoms with Crippen LogP contribution < -0.4 is 5.32 Å². The number of nitrogens with one attached hydrogen (secondary N) is 1. The van der Waals surface area contributed by atoms with E-state index >= 15 is 0 Å². The molecule has 0 aromatic carbocycles. The number of hydrogen-bond donors (Lipinski definition) is 2. The second-order valence-electron chi connectivity index (χ2n) is 3.84. The molecule has 2 N–H and O–H groups in total. The van der Waals surface area contributed by atoms with Crippen molar-refractivity contribution < 1.29 is 9.90 Å². The first kappa shape index (κ1) is 10.6. The zero-order valence-electron chi connectivity index (χ0n) is 8.40. The third-order valence-corrected chi connectivity index (χ3v) is 3.63. The third-order valence-electron chi connectivity index (χ3n) is 2.63. The van der Waals surface area contributed by atoms with Gasteiger partial charge in [-0.25, -0.2) is 9.78 Å². The number of nitrogens with zero attached hydrogens (tertiary/aromatic N) is 1. The number of carboxylic acid groups (broad SMARTS) is 1. The molecule has 0 aliphatic carbocycles. The minimum Gasteiger partial charge on any atom is -0.477 e. The van der Waals surface area contributed by atoms with E-state index in [1.807, 2.05) is 0 Å². The molecule has 1 aliphatic heterocycles. The number of thiazole rings is 1. The number of hydrogen-bond acceptors (Lipinski definition) is 4. The largest absolute Gasteiger partial charge is 0.477 e. The van der Waals surface area contributed by atoms with Crippen LogP contribution in [0.1, 0.15) is 27.5 Å². The number of aromatic carboxylic acids is 1. The van der Waals surface area contributed by atoms with Crippen LogP contribution in [-0.2, 0) is 6.42 Å². The van der Waals surface area contributed by atoms with E-state index in [2.05, 4.69) is 10.3 Å². The van der Waals surface area contributed by atoms with Gasteiger partial charge in [0.1, 0.15) is 4.88 Å². The summed E-state index contributed by atoms with van der Waals surface area (Å²) in [6, 6.07) is 0. The summed E-state index contributed by atoms with van der Waals surface area (Å²) in [6.07, 6.45) is 4.79. The van der Waals surface area contributed by atoms with Crippen LogP contribution in [0.15, 0.2) is 6.20 Å². The van der Waals surface area contributed by atoms with Crippen molar-refractivity contribution >= 4 is 17.3 Å². The van der Waals surface area contributed by atoms with Crippen molar-refractivity contribution in [2.75, 3.05) is 13.1 Å². The first-order valence-electron chi connectivity index (χ1n) is 5.14. The first-order chi connectivity index (χ1) is 7.25. The fourth-order valence-electron chi connectivity index (χ4n) is 1.85. The molecule has 1 aromatic heterocycles. The van der Waals surface area contributed by atoms with Gasteiger partial charge in [0, 0.05) is 6.42 Å². The number of piperidine rings is 1. The summed E-state index contributed by atoms with van der Waals surface area (Å²) >= 11 is 1.30. The maximum atomic E-state index is 10.7. The molecule has 1 atom stereocenters. The zero-order valence-corrected chi connectivity index (χ0v) is 9.22. The molecule has 4 nitrogen and oxygen atoms in total. The minimum absolute atomic E-state index is 0.341. The monoisotopic (exact) mass is 226 g/mol. The Balaban J connectivity index is 1.94.